The molecule has 8 heteroatoms. The Morgan fingerprint density at radius 2 is 1.93 bits per heavy atom. The minimum Gasteiger partial charge on any atom is -0.355 e. The summed E-state index contributed by atoms with van der Waals surface area (Å²) in [4.78, 5) is 14.2. The minimum atomic E-state index is -3.54. The van der Waals surface area contributed by atoms with Crippen molar-refractivity contribution < 1.29 is 8.42 Å². The van der Waals surface area contributed by atoms with Crippen LogP contribution in [-0.4, -0.2) is 53.9 Å². The Bertz CT molecular complexity index is 1300. The largest absolute Gasteiger partial charge is 0.355 e. The Labute approximate surface area is 169 Å². The minimum absolute atomic E-state index is 0.0539. The molecule has 29 heavy (non-hydrogen) atoms. The number of fused-ring (bicyclic) bond motifs is 2. The highest BCUT2D eigenvalue weighted by Crippen LogP contribution is 2.29. The van der Waals surface area contributed by atoms with Gasteiger partial charge in [0.15, 0.2) is 0 Å². The third-order valence-corrected chi connectivity index (χ3v) is 7.56. The van der Waals surface area contributed by atoms with E-state index in [1.54, 1.807) is 16.4 Å². The van der Waals surface area contributed by atoms with Crippen LogP contribution in [0.15, 0.2) is 66.0 Å². The summed E-state index contributed by atoms with van der Waals surface area (Å²) in [6, 6.07) is 15.1. The smallest absolute Gasteiger partial charge is 0.243 e. The zero-order valence-corrected chi connectivity index (χ0v) is 16.8. The molecule has 0 aliphatic carbocycles. The van der Waals surface area contributed by atoms with Gasteiger partial charge in [0.1, 0.15) is 17.8 Å². The van der Waals surface area contributed by atoms with Gasteiger partial charge in [-0.3, -0.25) is 0 Å². The zero-order valence-electron chi connectivity index (χ0n) is 16.0. The molecule has 7 nitrogen and oxygen atoms in total. The van der Waals surface area contributed by atoms with Gasteiger partial charge in [-0.1, -0.05) is 30.3 Å². The van der Waals surface area contributed by atoms with Crippen LogP contribution >= 0.6 is 0 Å². The molecule has 1 unspecified atom stereocenters. The van der Waals surface area contributed by atoms with Gasteiger partial charge in [-0.2, -0.15) is 4.31 Å². The molecule has 0 spiro atoms. The van der Waals surface area contributed by atoms with Gasteiger partial charge in [-0.25, -0.2) is 18.4 Å². The van der Waals surface area contributed by atoms with E-state index >= 15 is 0 Å². The third kappa shape index (κ3) is 3.04. The fourth-order valence-electron chi connectivity index (χ4n) is 4.03. The highest BCUT2D eigenvalue weighted by atomic mass is 32.2. The Morgan fingerprint density at radius 1 is 1.10 bits per heavy atom. The molecule has 5 rings (SSSR count). The maximum Gasteiger partial charge on any atom is 0.243 e. The van der Waals surface area contributed by atoms with Crippen molar-refractivity contribution in [3.63, 3.8) is 0 Å². The highest BCUT2D eigenvalue weighted by Gasteiger charge is 2.35. The van der Waals surface area contributed by atoms with Crippen LogP contribution in [0.4, 0.5) is 5.82 Å². The van der Waals surface area contributed by atoms with Crippen molar-refractivity contribution in [2.75, 3.05) is 25.0 Å². The van der Waals surface area contributed by atoms with Crippen molar-refractivity contribution >= 4 is 37.6 Å². The lowest BCUT2D eigenvalue weighted by molar-refractivity contribution is 0.470. The molecule has 1 N–H and O–H groups in total. The van der Waals surface area contributed by atoms with Gasteiger partial charge in [0, 0.05) is 32.4 Å². The number of hydrogen-bond donors (Lipinski definition) is 1. The van der Waals surface area contributed by atoms with E-state index in [1.807, 2.05) is 49.6 Å². The van der Waals surface area contributed by atoms with Gasteiger partial charge in [-0.15, -0.1) is 0 Å². The maximum absolute atomic E-state index is 13.2. The van der Waals surface area contributed by atoms with E-state index in [0.717, 1.165) is 34.0 Å². The van der Waals surface area contributed by atoms with Gasteiger partial charge >= 0.3 is 0 Å². The van der Waals surface area contributed by atoms with Crippen LogP contribution in [0.2, 0.25) is 0 Å². The summed E-state index contributed by atoms with van der Waals surface area (Å²) in [5.41, 5.74) is 0.778. The number of hydrogen-bond acceptors (Lipinski definition) is 5. The molecule has 2 aromatic carbocycles. The number of aromatic nitrogens is 3. The number of likely N-dealkylation sites (N-methyl/N-ethyl adjacent to an activating group) is 1. The molecule has 0 amide bonds. The molecule has 2 aromatic heterocycles. The predicted octanol–water partition coefficient (Wildman–Crippen LogP) is 3.01. The van der Waals surface area contributed by atoms with Crippen molar-refractivity contribution in [2.24, 2.45) is 0 Å². The second kappa shape index (κ2) is 6.82. The topological polar surface area (TPSA) is 82.2 Å². The Kier molecular flexibility index (Phi) is 4.25. The maximum atomic E-state index is 13.2. The van der Waals surface area contributed by atoms with E-state index in [0.29, 0.717) is 18.0 Å². The average molecular weight is 407 g/mol. The molecule has 0 radical (unpaired) electrons. The molecule has 1 atom stereocenters. The molecular formula is C21H21N5O2S. The summed E-state index contributed by atoms with van der Waals surface area (Å²) in [7, 11) is -1.58. The van der Waals surface area contributed by atoms with Crippen LogP contribution in [-0.2, 0) is 10.0 Å². The molecule has 1 saturated heterocycles. The van der Waals surface area contributed by atoms with Crippen LogP contribution in [0.3, 0.4) is 0 Å². The Balaban J connectivity index is 1.41. The molecule has 4 aromatic rings. The SMILES string of the molecule is CN(c1ncnc2[nH]ccc12)C1CCN(S(=O)(=O)c2ccc3ccccc3c2)C1. The number of H-pyrrole nitrogens is 1. The summed E-state index contributed by atoms with van der Waals surface area (Å²) in [6.45, 7) is 0.924. The number of nitrogens with one attached hydrogen (secondary N) is 1. The van der Waals surface area contributed by atoms with E-state index in [4.69, 9.17) is 0 Å². The summed E-state index contributed by atoms with van der Waals surface area (Å²) in [6.07, 6.45) is 4.12. The first-order chi connectivity index (χ1) is 14.0. The normalized spacial score (nSPS) is 17.9. The standard InChI is InChI=1S/C21H21N5O2S/c1-25(21-19-8-10-22-20(19)23-14-24-21)17-9-11-26(13-17)29(27,28)18-7-6-15-4-2-3-5-16(15)12-18/h2-8,10,12,14,17H,9,11,13H2,1H3,(H,22,23,24). The van der Waals surface area contributed by atoms with Crippen molar-refractivity contribution in [3.8, 4) is 0 Å². The van der Waals surface area contributed by atoms with E-state index in [2.05, 4.69) is 19.9 Å². The average Bonchev–Trinajstić information content (AvgIpc) is 3.42. The first kappa shape index (κ1) is 18.1. The van der Waals surface area contributed by atoms with E-state index in [9.17, 15) is 8.42 Å². The molecule has 0 bridgehead atoms. The number of benzene rings is 2. The second-order valence-corrected chi connectivity index (χ2v) is 9.30. The summed E-state index contributed by atoms with van der Waals surface area (Å²) < 4.78 is 28.0. The van der Waals surface area contributed by atoms with Crippen molar-refractivity contribution in [1.82, 2.24) is 19.3 Å². The molecular weight excluding hydrogens is 386 g/mol. The van der Waals surface area contributed by atoms with Crippen LogP contribution < -0.4 is 4.90 Å². The molecule has 1 aliphatic heterocycles. The quantitative estimate of drug-likeness (QED) is 0.562. The summed E-state index contributed by atoms with van der Waals surface area (Å²) in [5.74, 6) is 0.811. The van der Waals surface area contributed by atoms with Crippen LogP contribution in [0, 0.1) is 0 Å². The number of anilines is 1. The highest BCUT2D eigenvalue weighted by molar-refractivity contribution is 7.89. The van der Waals surface area contributed by atoms with E-state index < -0.39 is 10.0 Å². The van der Waals surface area contributed by atoms with Crippen molar-refractivity contribution in [3.05, 3.63) is 61.1 Å². The second-order valence-electron chi connectivity index (χ2n) is 7.36. The van der Waals surface area contributed by atoms with Gasteiger partial charge in [-0.05, 0) is 35.4 Å². The van der Waals surface area contributed by atoms with Crippen molar-refractivity contribution in [1.29, 1.82) is 0 Å². The predicted molar refractivity (Wildman–Crippen MR) is 113 cm³/mol. The van der Waals surface area contributed by atoms with Crippen LogP contribution in [0.25, 0.3) is 21.8 Å². The number of nitrogens with zero attached hydrogens (tertiary/aromatic N) is 4. The van der Waals surface area contributed by atoms with Crippen molar-refractivity contribution in [2.45, 2.75) is 17.4 Å². The number of aromatic amines is 1. The van der Waals surface area contributed by atoms with E-state index in [1.165, 1.54) is 6.33 Å². The van der Waals surface area contributed by atoms with Crippen LogP contribution in [0.5, 0.6) is 0 Å². The zero-order chi connectivity index (χ0) is 20.0. The monoisotopic (exact) mass is 407 g/mol. The fraction of sp³-hybridized carbons (Fsp3) is 0.238. The summed E-state index contributed by atoms with van der Waals surface area (Å²) >= 11 is 0. The lowest BCUT2D eigenvalue weighted by atomic mass is 10.1. The lowest BCUT2D eigenvalue weighted by Gasteiger charge is -2.26. The lowest BCUT2D eigenvalue weighted by Crippen LogP contribution is -2.37. The number of sulfonamides is 1. The molecule has 0 saturated carbocycles. The van der Waals surface area contributed by atoms with E-state index in [-0.39, 0.29) is 6.04 Å². The number of rotatable bonds is 4. The Morgan fingerprint density at radius 3 is 2.79 bits per heavy atom. The summed E-state index contributed by atoms with van der Waals surface area (Å²) in [5, 5.41) is 2.90. The van der Waals surface area contributed by atoms with Gasteiger partial charge in [0.05, 0.1) is 10.3 Å². The van der Waals surface area contributed by atoms with Crippen LogP contribution in [0.1, 0.15) is 6.42 Å². The first-order valence-electron chi connectivity index (χ1n) is 9.54. The molecule has 1 aliphatic rings. The van der Waals surface area contributed by atoms with Gasteiger partial charge in [0.2, 0.25) is 10.0 Å². The fourth-order valence-corrected chi connectivity index (χ4v) is 5.56. The molecule has 148 valence electrons. The first-order valence-corrected chi connectivity index (χ1v) is 11.0. The Hall–Kier alpha value is -2.97. The molecule has 3 heterocycles. The van der Waals surface area contributed by atoms with Gasteiger partial charge < -0.3 is 9.88 Å². The van der Waals surface area contributed by atoms with Gasteiger partial charge in [0.25, 0.3) is 0 Å². The third-order valence-electron chi connectivity index (χ3n) is 5.70. The molecule has 1 fully saturated rings.